The quantitative estimate of drug-likeness (QED) is 0.485. The fraction of sp³-hybridized carbons (Fsp3) is 0.0833. The Morgan fingerprint density at radius 1 is 0.929 bits per heavy atom. The van der Waals surface area contributed by atoms with Crippen molar-refractivity contribution in [1.82, 2.24) is 9.55 Å². The van der Waals surface area contributed by atoms with Crippen LogP contribution in [0.2, 0.25) is 0 Å². The zero-order chi connectivity index (χ0) is 19.3. The topological polar surface area (TPSA) is 55.1 Å². The Hall–Kier alpha value is -3.66. The zero-order valence-electron chi connectivity index (χ0n) is 15.3. The number of fused-ring (bicyclic) bond motifs is 1. The standard InChI is InChI=1S/C24H20N2O2/c27-23(28)15-12-19-10-13-20(14-11-19)24-25-21-8-4-5-9-22(21)26(24)17-16-18-6-2-1-3-7-18/h1-15H,16-17H2,(H,27,28)/b15-12+. The zero-order valence-corrected chi connectivity index (χ0v) is 15.3. The van der Waals surface area contributed by atoms with Crippen molar-refractivity contribution in [2.75, 3.05) is 0 Å². The van der Waals surface area contributed by atoms with Crippen molar-refractivity contribution in [3.63, 3.8) is 0 Å². The minimum atomic E-state index is -0.952. The van der Waals surface area contributed by atoms with E-state index in [1.165, 1.54) is 5.56 Å². The van der Waals surface area contributed by atoms with Crippen molar-refractivity contribution >= 4 is 23.1 Å². The molecule has 4 heteroatoms. The van der Waals surface area contributed by atoms with E-state index in [4.69, 9.17) is 10.1 Å². The molecule has 3 aromatic carbocycles. The predicted molar refractivity (Wildman–Crippen MR) is 112 cm³/mol. The van der Waals surface area contributed by atoms with Crippen molar-refractivity contribution in [3.05, 3.63) is 96.1 Å². The third-order valence-electron chi connectivity index (χ3n) is 4.71. The van der Waals surface area contributed by atoms with E-state index in [2.05, 4.69) is 34.9 Å². The molecule has 0 amide bonds. The maximum Gasteiger partial charge on any atom is 0.328 e. The van der Waals surface area contributed by atoms with Crippen LogP contribution in [0.15, 0.2) is 84.9 Å². The molecule has 1 N–H and O–H groups in total. The van der Waals surface area contributed by atoms with Gasteiger partial charge in [0.1, 0.15) is 5.82 Å². The molecule has 28 heavy (non-hydrogen) atoms. The van der Waals surface area contributed by atoms with Gasteiger partial charge >= 0.3 is 5.97 Å². The molecule has 0 saturated carbocycles. The van der Waals surface area contributed by atoms with Crippen LogP contribution in [-0.4, -0.2) is 20.6 Å². The van der Waals surface area contributed by atoms with Gasteiger partial charge in [0.15, 0.2) is 0 Å². The lowest BCUT2D eigenvalue weighted by Gasteiger charge is -2.10. The van der Waals surface area contributed by atoms with Crippen LogP contribution >= 0.6 is 0 Å². The number of rotatable bonds is 6. The number of hydrogen-bond donors (Lipinski definition) is 1. The Bertz CT molecular complexity index is 1130. The Morgan fingerprint density at radius 3 is 2.39 bits per heavy atom. The number of aromatic nitrogens is 2. The summed E-state index contributed by atoms with van der Waals surface area (Å²) in [6, 6.07) is 26.4. The normalized spacial score (nSPS) is 11.3. The maximum atomic E-state index is 10.7. The number of nitrogens with zero attached hydrogens (tertiary/aromatic N) is 2. The molecule has 0 aliphatic heterocycles. The molecule has 138 valence electrons. The van der Waals surface area contributed by atoms with Crippen molar-refractivity contribution < 1.29 is 9.90 Å². The summed E-state index contributed by atoms with van der Waals surface area (Å²) in [6.45, 7) is 0.834. The summed E-state index contributed by atoms with van der Waals surface area (Å²) >= 11 is 0. The highest BCUT2D eigenvalue weighted by Crippen LogP contribution is 2.26. The van der Waals surface area contributed by atoms with E-state index < -0.39 is 5.97 Å². The third kappa shape index (κ3) is 3.86. The number of hydrogen-bond acceptors (Lipinski definition) is 2. The van der Waals surface area contributed by atoms with Crippen LogP contribution in [0.5, 0.6) is 0 Å². The maximum absolute atomic E-state index is 10.7. The molecule has 4 nitrogen and oxygen atoms in total. The number of carboxylic acids is 1. The van der Waals surface area contributed by atoms with Gasteiger partial charge < -0.3 is 9.67 Å². The summed E-state index contributed by atoms with van der Waals surface area (Å²) in [5, 5.41) is 8.78. The van der Waals surface area contributed by atoms with Crippen LogP contribution in [0.1, 0.15) is 11.1 Å². The Labute approximate surface area is 163 Å². The van der Waals surface area contributed by atoms with Crippen LogP contribution in [-0.2, 0) is 17.8 Å². The molecule has 0 bridgehead atoms. The molecule has 0 aliphatic rings. The second-order valence-electron chi connectivity index (χ2n) is 6.60. The van der Waals surface area contributed by atoms with Crippen molar-refractivity contribution in [1.29, 1.82) is 0 Å². The Morgan fingerprint density at radius 2 is 1.64 bits per heavy atom. The summed E-state index contributed by atoms with van der Waals surface area (Å²) in [7, 11) is 0. The Kier molecular flexibility index (Phi) is 5.02. The average molecular weight is 368 g/mol. The second kappa shape index (κ2) is 7.92. The van der Waals surface area contributed by atoms with Gasteiger partial charge in [0.25, 0.3) is 0 Å². The second-order valence-corrected chi connectivity index (χ2v) is 6.60. The van der Waals surface area contributed by atoms with Crippen molar-refractivity contribution in [3.8, 4) is 11.4 Å². The van der Waals surface area contributed by atoms with Gasteiger partial charge in [-0.2, -0.15) is 0 Å². The van der Waals surface area contributed by atoms with E-state index in [1.807, 2.05) is 48.5 Å². The number of aliphatic carboxylic acids is 1. The van der Waals surface area contributed by atoms with Gasteiger partial charge in [-0.3, -0.25) is 0 Å². The molecule has 0 fully saturated rings. The van der Waals surface area contributed by atoms with Gasteiger partial charge in [0, 0.05) is 18.2 Å². The molecule has 0 radical (unpaired) electrons. The number of carbonyl (C=O) groups is 1. The summed E-state index contributed by atoms with van der Waals surface area (Å²) < 4.78 is 2.25. The number of carboxylic acid groups (broad SMARTS) is 1. The first-order chi connectivity index (χ1) is 13.7. The Balaban J connectivity index is 1.69. The first-order valence-electron chi connectivity index (χ1n) is 9.21. The lowest BCUT2D eigenvalue weighted by atomic mass is 10.1. The number of para-hydroxylation sites is 2. The first kappa shape index (κ1) is 17.7. The fourth-order valence-electron chi connectivity index (χ4n) is 3.32. The largest absolute Gasteiger partial charge is 0.478 e. The summed E-state index contributed by atoms with van der Waals surface area (Å²) in [5.41, 5.74) is 5.24. The van der Waals surface area contributed by atoms with E-state index in [0.29, 0.717) is 0 Å². The molecule has 1 aromatic heterocycles. The molecule has 0 spiro atoms. The fourth-order valence-corrected chi connectivity index (χ4v) is 3.32. The molecule has 0 saturated heterocycles. The molecular weight excluding hydrogens is 348 g/mol. The van der Waals surface area contributed by atoms with Gasteiger partial charge in [-0.1, -0.05) is 66.7 Å². The lowest BCUT2D eigenvalue weighted by Crippen LogP contribution is -2.03. The molecule has 4 aromatic rings. The first-order valence-corrected chi connectivity index (χ1v) is 9.21. The van der Waals surface area contributed by atoms with E-state index in [1.54, 1.807) is 6.08 Å². The van der Waals surface area contributed by atoms with E-state index in [0.717, 1.165) is 47.0 Å². The van der Waals surface area contributed by atoms with Gasteiger partial charge in [0.05, 0.1) is 11.0 Å². The number of imidazole rings is 1. The highest BCUT2D eigenvalue weighted by Gasteiger charge is 2.12. The predicted octanol–water partition coefficient (Wildman–Crippen LogP) is 5.04. The van der Waals surface area contributed by atoms with Gasteiger partial charge in [0.2, 0.25) is 0 Å². The van der Waals surface area contributed by atoms with Crippen LogP contribution in [0.4, 0.5) is 0 Å². The molecular formula is C24H20N2O2. The minimum Gasteiger partial charge on any atom is -0.478 e. The van der Waals surface area contributed by atoms with Crippen molar-refractivity contribution in [2.24, 2.45) is 0 Å². The minimum absolute atomic E-state index is 0.834. The molecule has 1 heterocycles. The molecule has 0 unspecified atom stereocenters. The highest BCUT2D eigenvalue weighted by atomic mass is 16.4. The van der Waals surface area contributed by atoms with E-state index in [9.17, 15) is 4.79 Å². The van der Waals surface area contributed by atoms with Gasteiger partial charge in [-0.25, -0.2) is 9.78 Å². The van der Waals surface area contributed by atoms with Crippen LogP contribution in [0.25, 0.3) is 28.5 Å². The van der Waals surface area contributed by atoms with Crippen LogP contribution < -0.4 is 0 Å². The lowest BCUT2D eigenvalue weighted by molar-refractivity contribution is -0.131. The van der Waals surface area contributed by atoms with E-state index >= 15 is 0 Å². The number of aryl methyl sites for hydroxylation is 2. The summed E-state index contributed by atoms with van der Waals surface area (Å²) in [5.74, 6) is -0.0299. The van der Waals surface area contributed by atoms with E-state index in [-0.39, 0.29) is 0 Å². The molecule has 0 aliphatic carbocycles. The SMILES string of the molecule is O=C(O)/C=C/c1ccc(-c2nc3ccccc3n2CCc2ccccc2)cc1. The van der Waals surface area contributed by atoms with Crippen LogP contribution in [0.3, 0.4) is 0 Å². The average Bonchev–Trinajstić information content (AvgIpc) is 3.10. The highest BCUT2D eigenvalue weighted by molar-refractivity contribution is 5.85. The summed E-state index contributed by atoms with van der Waals surface area (Å²) in [4.78, 5) is 15.5. The van der Waals surface area contributed by atoms with Crippen molar-refractivity contribution in [2.45, 2.75) is 13.0 Å². The third-order valence-corrected chi connectivity index (χ3v) is 4.71. The number of benzene rings is 3. The molecule has 0 atom stereocenters. The smallest absolute Gasteiger partial charge is 0.328 e. The molecule has 4 rings (SSSR count). The van der Waals surface area contributed by atoms with Crippen LogP contribution in [0, 0.1) is 0 Å². The van der Waals surface area contributed by atoms with Gasteiger partial charge in [-0.05, 0) is 35.8 Å². The monoisotopic (exact) mass is 368 g/mol. The van der Waals surface area contributed by atoms with Gasteiger partial charge in [-0.15, -0.1) is 0 Å². The summed E-state index contributed by atoms with van der Waals surface area (Å²) in [6.07, 6.45) is 3.65.